The van der Waals surface area contributed by atoms with Crippen LogP contribution in [-0.2, 0) is 20.4 Å². The highest BCUT2D eigenvalue weighted by Crippen LogP contribution is 2.35. The lowest BCUT2D eigenvalue weighted by Gasteiger charge is -2.13. The normalized spacial score (nSPS) is 11.3. The van der Waals surface area contributed by atoms with Crippen LogP contribution in [0.3, 0.4) is 0 Å². The molecule has 0 heterocycles. The number of carbonyl (C=O) groups excluding carboxylic acids is 1. The third kappa shape index (κ3) is 6.35. The fourth-order valence-electron chi connectivity index (χ4n) is 2.78. The van der Waals surface area contributed by atoms with Gasteiger partial charge in [-0.25, -0.2) is 12.8 Å². The van der Waals surface area contributed by atoms with Gasteiger partial charge in [-0.1, -0.05) is 6.07 Å². The van der Waals surface area contributed by atoms with Gasteiger partial charge in [0, 0.05) is 17.5 Å². The van der Waals surface area contributed by atoms with Crippen LogP contribution in [0.5, 0.6) is 23.0 Å². The predicted molar refractivity (Wildman–Crippen MR) is 115 cm³/mol. The summed E-state index contributed by atoms with van der Waals surface area (Å²) in [5.41, 5.74) is 0.994. The molecule has 1 N–H and O–H groups in total. The lowest BCUT2D eigenvalue weighted by Crippen LogP contribution is -2.14. The van der Waals surface area contributed by atoms with Crippen LogP contribution in [-0.4, -0.2) is 49.4 Å². The second-order valence-corrected chi connectivity index (χ2v) is 8.16. The van der Waals surface area contributed by atoms with Crippen molar-refractivity contribution in [2.45, 2.75) is 5.75 Å². The first-order valence-corrected chi connectivity index (χ1v) is 10.7. The van der Waals surface area contributed by atoms with Gasteiger partial charge in [-0.2, -0.15) is 0 Å². The topological polar surface area (TPSA) is 100 Å². The molecule has 10 heteroatoms. The highest BCUT2D eigenvalue weighted by atomic mass is 32.2. The summed E-state index contributed by atoms with van der Waals surface area (Å²) >= 11 is 0. The van der Waals surface area contributed by atoms with Crippen LogP contribution >= 0.6 is 0 Å². The minimum absolute atomic E-state index is 0.181. The number of carbonyl (C=O) groups is 1. The van der Waals surface area contributed by atoms with Crippen molar-refractivity contribution in [3.05, 3.63) is 46.9 Å². The molecule has 0 spiro atoms. The van der Waals surface area contributed by atoms with Crippen molar-refractivity contribution in [2.24, 2.45) is 0 Å². The van der Waals surface area contributed by atoms with E-state index in [-0.39, 0.29) is 17.2 Å². The first kappa shape index (κ1) is 24.0. The molecule has 0 saturated carbocycles. The minimum Gasteiger partial charge on any atom is -0.496 e. The summed E-state index contributed by atoms with van der Waals surface area (Å²) in [4.78, 5) is 11.4. The summed E-state index contributed by atoms with van der Waals surface area (Å²) in [6.45, 7) is -1.21. The van der Waals surface area contributed by atoms with Crippen LogP contribution in [0.25, 0.3) is 6.08 Å². The molecule has 0 saturated heterocycles. The lowest BCUT2D eigenvalue weighted by atomic mass is 10.1. The molecular formula is C21H24FNO7S. The van der Waals surface area contributed by atoms with Crippen LogP contribution in [0.2, 0.25) is 0 Å². The molecule has 2 aromatic carbocycles. The molecule has 0 aliphatic heterocycles. The molecule has 31 heavy (non-hydrogen) atoms. The zero-order valence-corrected chi connectivity index (χ0v) is 18.4. The molecule has 168 valence electrons. The Kier molecular flexibility index (Phi) is 8.26. The number of hydrogen-bond donors (Lipinski definition) is 1. The van der Waals surface area contributed by atoms with Crippen LogP contribution in [0.15, 0.2) is 35.7 Å². The number of hydrogen-bond acceptors (Lipinski definition) is 7. The average Bonchev–Trinajstić information content (AvgIpc) is 2.76. The van der Waals surface area contributed by atoms with E-state index in [0.29, 0.717) is 28.4 Å². The predicted octanol–water partition coefficient (Wildman–Crippen LogP) is 3.21. The van der Waals surface area contributed by atoms with Gasteiger partial charge in [0.2, 0.25) is 0 Å². The number of benzene rings is 2. The number of sulfone groups is 1. The summed E-state index contributed by atoms with van der Waals surface area (Å²) in [5, 5.41) is 3.38. The maximum atomic E-state index is 12.7. The molecular weight excluding hydrogens is 429 g/mol. The summed E-state index contributed by atoms with van der Waals surface area (Å²) in [6, 6.07) is 7.68. The Hall–Kier alpha value is -3.27. The number of anilines is 1. The smallest absolute Gasteiger partial charge is 0.255 e. The van der Waals surface area contributed by atoms with E-state index in [2.05, 4.69) is 5.32 Å². The van der Waals surface area contributed by atoms with Gasteiger partial charge in [0.15, 0.2) is 16.5 Å². The number of nitrogens with one attached hydrogen (secondary N) is 1. The number of ether oxygens (including phenoxy) is 4. The Morgan fingerprint density at radius 1 is 0.968 bits per heavy atom. The van der Waals surface area contributed by atoms with Crippen LogP contribution in [0.1, 0.15) is 11.1 Å². The molecule has 1 amide bonds. The maximum Gasteiger partial charge on any atom is 0.255 e. The van der Waals surface area contributed by atoms with Gasteiger partial charge < -0.3 is 24.3 Å². The Morgan fingerprint density at radius 2 is 1.58 bits per heavy atom. The Bertz CT molecular complexity index is 1040. The molecule has 0 aliphatic carbocycles. The Labute approximate surface area is 180 Å². The summed E-state index contributed by atoms with van der Waals surface area (Å²) < 4.78 is 58.8. The van der Waals surface area contributed by atoms with E-state index in [9.17, 15) is 17.6 Å². The number of rotatable bonds is 10. The number of amides is 1. The van der Waals surface area contributed by atoms with Crippen molar-refractivity contribution in [2.75, 3.05) is 40.4 Å². The van der Waals surface area contributed by atoms with E-state index in [1.54, 1.807) is 18.2 Å². The van der Waals surface area contributed by atoms with Crippen molar-refractivity contribution < 1.29 is 36.6 Å². The summed E-state index contributed by atoms with van der Waals surface area (Å²) in [6.07, 6.45) is 1.38. The monoisotopic (exact) mass is 453 g/mol. The second-order valence-electron chi connectivity index (χ2n) is 6.27. The van der Waals surface area contributed by atoms with Crippen molar-refractivity contribution in [3.8, 4) is 23.0 Å². The average molecular weight is 453 g/mol. The van der Waals surface area contributed by atoms with E-state index < -0.39 is 22.4 Å². The van der Waals surface area contributed by atoms with Crippen LogP contribution in [0.4, 0.5) is 10.1 Å². The summed E-state index contributed by atoms with van der Waals surface area (Å²) in [5.74, 6) is 0.316. The van der Waals surface area contributed by atoms with E-state index in [4.69, 9.17) is 18.9 Å². The number of alkyl halides is 1. The molecule has 0 atom stereocenters. The quantitative estimate of drug-likeness (QED) is 0.590. The third-order valence-electron chi connectivity index (χ3n) is 4.22. The first-order chi connectivity index (χ1) is 14.8. The molecule has 0 unspecified atom stereocenters. The van der Waals surface area contributed by atoms with Gasteiger partial charge in [0.05, 0.1) is 45.4 Å². The number of halogens is 1. The zero-order chi connectivity index (χ0) is 23.0. The van der Waals surface area contributed by atoms with Gasteiger partial charge in [0.25, 0.3) is 5.91 Å². The molecule has 0 aromatic heterocycles. The molecule has 0 aliphatic rings. The SMILES string of the molecule is COc1cc(OC)c(C=CS(=O)(=O)Cc2ccc(OC)c(NC(=O)CF)c2)c(OC)c1. The third-order valence-corrected chi connectivity index (χ3v) is 5.51. The molecule has 0 fully saturated rings. The molecule has 0 bridgehead atoms. The van der Waals surface area contributed by atoms with Crippen molar-refractivity contribution in [1.82, 2.24) is 0 Å². The molecule has 2 aromatic rings. The van der Waals surface area contributed by atoms with Crippen LogP contribution in [0, 0.1) is 0 Å². The standard InChI is InChI=1S/C21H24FNO7S/c1-27-15-10-19(29-3)16(20(11-15)30-4)7-8-31(25,26)13-14-5-6-18(28-2)17(9-14)23-21(24)12-22/h5-11H,12-13H2,1-4H3,(H,23,24). The zero-order valence-electron chi connectivity index (χ0n) is 17.6. The maximum absolute atomic E-state index is 12.7. The van der Waals surface area contributed by atoms with Gasteiger partial charge in [-0.15, -0.1) is 0 Å². The van der Waals surface area contributed by atoms with Gasteiger partial charge >= 0.3 is 0 Å². The Morgan fingerprint density at radius 3 is 2.10 bits per heavy atom. The highest BCUT2D eigenvalue weighted by molar-refractivity contribution is 7.93. The number of methoxy groups -OCH3 is 4. The Balaban J connectivity index is 2.33. The second kappa shape index (κ2) is 10.7. The lowest BCUT2D eigenvalue weighted by molar-refractivity contribution is -0.117. The molecule has 0 radical (unpaired) electrons. The highest BCUT2D eigenvalue weighted by Gasteiger charge is 2.15. The van der Waals surface area contributed by atoms with Crippen molar-refractivity contribution >= 4 is 27.5 Å². The molecule has 8 nitrogen and oxygen atoms in total. The van der Waals surface area contributed by atoms with E-state index >= 15 is 0 Å². The van der Waals surface area contributed by atoms with E-state index in [1.807, 2.05) is 0 Å². The fourth-order valence-corrected chi connectivity index (χ4v) is 3.86. The van der Waals surface area contributed by atoms with Crippen molar-refractivity contribution in [3.63, 3.8) is 0 Å². The fraction of sp³-hybridized carbons (Fsp3) is 0.286. The van der Waals surface area contributed by atoms with E-state index in [0.717, 1.165) is 5.41 Å². The van der Waals surface area contributed by atoms with Gasteiger partial charge in [0.1, 0.15) is 23.0 Å². The van der Waals surface area contributed by atoms with Crippen LogP contribution < -0.4 is 24.3 Å². The van der Waals surface area contributed by atoms with E-state index in [1.165, 1.54) is 46.6 Å². The largest absolute Gasteiger partial charge is 0.496 e. The van der Waals surface area contributed by atoms with Crippen molar-refractivity contribution in [1.29, 1.82) is 0 Å². The van der Waals surface area contributed by atoms with Gasteiger partial charge in [-0.05, 0) is 23.8 Å². The first-order valence-electron chi connectivity index (χ1n) is 9.00. The summed E-state index contributed by atoms with van der Waals surface area (Å²) in [7, 11) is 2.06. The van der Waals surface area contributed by atoms with Gasteiger partial charge in [-0.3, -0.25) is 4.79 Å². The molecule has 2 rings (SSSR count). The minimum atomic E-state index is -3.72.